The molecular weight excluding hydrogens is 317 g/mol. The van der Waals surface area contributed by atoms with Crippen LogP contribution in [0.2, 0.25) is 0 Å². The second-order valence-electron chi connectivity index (χ2n) is 5.04. The second-order valence-corrected chi connectivity index (χ2v) is 5.04. The molecule has 8 nitrogen and oxygen atoms in total. The molecule has 0 aliphatic heterocycles. The first-order chi connectivity index (χ1) is 11.5. The van der Waals surface area contributed by atoms with E-state index < -0.39 is 17.6 Å². The number of hydrogen-bond donors (Lipinski definition) is 0. The predicted octanol–water partition coefficient (Wildman–Crippen LogP) is 1.24. The molecule has 0 aliphatic carbocycles. The third-order valence-corrected chi connectivity index (χ3v) is 3.48. The van der Waals surface area contributed by atoms with Gasteiger partial charge in [0.15, 0.2) is 11.7 Å². The van der Waals surface area contributed by atoms with Gasteiger partial charge in [-0.1, -0.05) is 5.21 Å². The highest BCUT2D eigenvalue weighted by molar-refractivity contribution is 5.76. The van der Waals surface area contributed by atoms with Crippen LogP contribution in [0.15, 0.2) is 35.3 Å². The Bertz CT molecular complexity index is 948. The van der Waals surface area contributed by atoms with Crippen LogP contribution in [0.25, 0.3) is 16.7 Å². The first-order valence-corrected chi connectivity index (χ1v) is 7.28. The van der Waals surface area contributed by atoms with Gasteiger partial charge >= 0.3 is 5.97 Å². The lowest BCUT2D eigenvalue weighted by Crippen LogP contribution is -2.32. The maximum Gasteiger partial charge on any atom is 0.330 e. The van der Waals surface area contributed by atoms with Crippen molar-refractivity contribution in [3.05, 3.63) is 46.6 Å². The number of esters is 1. The highest BCUT2D eigenvalue weighted by Crippen LogP contribution is 2.14. The molecule has 0 bridgehead atoms. The Kier molecular flexibility index (Phi) is 4.07. The van der Waals surface area contributed by atoms with Crippen LogP contribution >= 0.6 is 0 Å². The highest BCUT2D eigenvalue weighted by Gasteiger charge is 2.21. The van der Waals surface area contributed by atoms with Crippen molar-refractivity contribution in [2.75, 3.05) is 6.61 Å². The van der Waals surface area contributed by atoms with E-state index in [0.29, 0.717) is 5.69 Å². The molecule has 24 heavy (non-hydrogen) atoms. The van der Waals surface area contributed by atoms with Crippen molar-refractivity contribution < 1.29 is 13.9 Å². The number of aromatic nitrogens is 5. The number of benzene rings is 1. The van der Waals surface area contributed by atoms with Crippen molar-refractivity contribution in [2.45, 2.75) is 19.9 Å². The van der Waals surface area contributed by atoms with Gasteiger partial charge in [-0.25, -0.2) is 13.9 Å². The van der Waals surface area contributed by atoms with E-state index in [2.05, 4.69) is 15.4 Å². The van der Waals surface area contributed by atoms with Crippen molar-refractivity contribution >= 4 is 17.0 Å². The third-order valence-electron chi connectivity index (χ3n) is 3.48. The van der Waals surface area contributed by atoms with Gasteiger partial charge in [-0.3, -0.25) is 4.79 Å². The lowest BCUT2D eigenvalue weighted by atomic mass is 10.3. The minimum absolute atomic E-state index is 0.200. The predicted molar refractivity (Wildman–Crippen MR) is 82.2 cm³/mol. The number of rotatable bonds is 4. The van der Waals surface area contributed by atoms with Gasteiger partial charge in [0.2, 0.25) is 0 Å². The molecule has 1 atom stereocenters. The fourth-order valence-corrected chi connectivity index (χ4v) is 2.23. The van der Waals surface area contributed by atoms with E-state index in [-0.39, 0.29) is 23.5 Å². The zero-order valence-electron chi connectivity index (χ0n) is 13.0. The van der Waals surface area contributed by atoms with Crippen LogP contribution in [0.4, 0.5) is 4.39 Å². The van der Waals surface area contributed by atoms with Crippen LogP contribution in [-0.4, -0.2) is 37.4 Å². The van der Waals surface area contributed by atoms with Crippen LogP contribution in [0.1, 0.15) is 19.9 Å². The van der Waals surface area contributed by atoms with Crippen molar-refractivity contribution in [2.24, 2.45) is 0 Å². The Morgan fingerprint density at radius 3 is 2.71 bits per heavy atom. The smallest absolute Gasteiger partial charge is 0.330 e. The fraction of sp³-hybridized carbons (Fsp3) is 0.267. The summed E-state index contributed by atoms with van der Waals surface area (Å²) in [4.78, 5) is 24.3. The maximum atomic E-state index is 13.0. The normalized spacial score (nSPS) is 12.3. The van der Waals surface area contributed by atoms with Gasteiger partial charge in [0.1, 0.15) is 11.2 Å². The van der Waals surface area contributed by atoms with Gasteiger partial charge < -0.3 is 4.74 Å². The van der Waals surface area contributed by atoms with Crippen LogP contribution in [0, 0.1) is 5.82 Å². The standard InChI is InChI=1S/C15H14FN5O3/c1-3-24-15(23)9(2)20-14(22)12-8-17-21(13(12)18-19-20)11-6-4-10(16)5-7-11/h4-9H,3H2,1-2H3. The van der Waals surface area contributed by atoms with Gasteiger partial charge in [0, 0.05) is 0 Å². The number of hydrogen-bond acceptors (Lipinski definition) is 6. The molecule has 0 radical (unpaired) electrons. The zero-order valence-corrected chi connectivity index (χ0v) is 13.0. The third kappa shape index (κ3) is 2.64. The monoisotopic (exact) mass is 331 g/mol. The fourth-order valence-electron chi connectivity index (χ4n) is 2.23. The number of nitrogens with zero attached hydrogens (tertiary/aromatic N) is 5. The van der Waals surface area contributed by atoms with E-state index in [1.54, 1.807) is 6.92 Å². The number of halogens is 1. The molecule has 2 aromatic heterocycles. The van der Waals surface area contributed by atoms with Gasteiger partial charge in [-0.15, -0.1) is 5.10 Å². The van der Waals surface area contributed by atoms with Gasteiger partial charge in [-0.2, -0.15) is 9.78 Å². The Morgan fingerprint density at radius 2 is 2.04 bits per heavy atom. The average Bonchev–Trinajstić information content (AvgIpc) is 3.00. The summed E-state index contributed by atoms with van der Waals surface area (Å²) in [6, 6.07) is 4.68. The molecule has 3 aromatic rings. The molecule has 1 aromatic carbocycles. The molecule has 0 fully saturated rings. The SMILES string of the molecule is CCOC(=O)C(C)n1nnc2c(cnn2-c2ccc(F)cc2)c1=O. The zero-order chi connectivity index (χ0) is 17.3. The Morgan fingerprint density at radius 1 is 1.33 bits per heavy atom. The Balaban J connectivity index is 2.07. The molecule has 0 saturated heterocycles. The van der Waals surface area contributed by atoms with Crippen LogP contribution in [0.5, 0.6) is 0 Å². The molecule has 0 amide bonds. The Labute approximate surface area is 135 Å². The minimum atomic E-state index is -0.900. The quantitative estimate of drug-likeness (QED) is 0.668. The summed E-state index contributed by atoms with van der Waals surface area (Å²) in [6.07, 6.45) is 1.34. The second kappa shape index (κ2) is 6.19. The van der Waals surface area contributed by atoms with Crippen LogP contribution < -0.4 is 5.56 Å². The molecular formula is C15H14FN5O3. The molecule has 3 rings (SSSR count). The lowest BCUT2D eigenvalue weighted by molar-refractivity contribution is -0.147. The molecule has 0 aliphatic rings. The highest BCUT2D eigenvalue weighted by atomic mass is 19.1. The largest absolute Gasteiger partial charge is 0.464 e. The number of carbonyl (C=O) groups excluding carboxylic acids is 1. The number of ether oxygens (including phenoxy) is 1. The average molecular weight is 331 g/mol. The van der Waals surface area contributed by atoms with Crippen molar-refractivity contribution in [3.8, 4) is 5.69 Å². The summed E-state index contributed by atoms with van der Waals surface area (Å²) in [5, 5.41) is 12.1. The molecule has 0 N–H and O–H groups in total. The molecule has 2 heterocycles. The molecule has 0 saturated carbocycles. The number of fused-ring (bicyclic) bond motifs is 1. The summed E-state index contributed by atoms with van der Waals surface area (Å²) >= 11 is 0. The molecule has 0 spiro atoms. The minimum Gasteiger partial charge on any atom is -0.464 e. The lowest BCUT2D eigenvalue weighted by Gasteiger charge is -2.11. The molecule has 1 unspecified atom stereocenters. The van der Waals surface area contributed by atoms with Crippen molar-refractivity contribution in [1.82, 2.24) is 24.8 Å². The van der Waals surface area contributed by atoms with E-state index in [9.17, 15) is 14.0 Å². The summed E-state index contributed by atoms with van der Waals surface area (Å²) in [7, 11) is 0. The van der Waals surface area contributed by atoms with Gasteiger partial charge in [0.25, 0.3) is 5.56 Å². The van der Waals surface area contributed by atoms with Gasteiger partial charge in [0.05, 0.1) is 18.5 Å². The van der Waals surface area contributed by atoms with E-state index in [4.69, 9.17) is 4.74 Å². The van der Waals surface area contributed by atoms with Crippen molar-refractivity contribution in [1.29, 1.82) is 0 Å². The summed E-state index contributed by atoms with van der Waals surface area (Å²) < 4.78 is 20.3. The van der Waals surface area contributed by atoms with E-state index >= 15 is 0 Å². The number of carbonyl (C=O) groups is 1. The van der Waals surface area contributed by atoms with Crippen LogP contribution in [0.3, 0.4) is 0 Å². The molecule has 9 heteroatoms. The van der Waals surface area contributed by atoms with E-state index in [1.165, 1.54) is 42.1 Å². The topological polar surface area (TPSA) is 91.9 Å². The summed E-state index contributed by atoms with van der Waals surface area (Å²) in [6.45, 7) is 3.38. The molecule has 124 valence electrons. The first kappa shape index (κ1) is 15.8. The summed E-state index contributed by atoms with van der Waals surface area (Å²) in [5.41, 5.74) is 0.254. The van der Waals surface area contributed by atoms with Crippen LogP contribution in [-0.2, 0) is 9.53 Å². The van der Waals surface area contributed by atoms with Gasteiger partial charge in [-0.05, 0) is 38.1 Å². The van der Waals surface area contributed by atoms with Crippen molar-refractivity contribution in [3.63, 3.8) is 0 Å². The Hall–Kier alpha value is -3.10. The van der Waals surface area contributed by atoms with E-state index in [0.717, 1.165) is 4.68 Å². The van der Waals surface area contributed by atoms with E-state index in [1.807, 2.05) is 0 Å². The first-order valence-electron chi connectivity index (χ1n) is 7.28. The summed E-state index contributed by atoms with van der Waals surface area (Å²) in [5.74, 6) is -0.953. The maximum absolute atomic E-state index is 13.0.